The number of amides is 1. The van der Waals surface area contributed by atoms with Gasteiger partial charge >= 0.3 is 0 Å². The number of methoxy groups -OCH3 is 1. The van der Waals surface area contributed by atoms with Crippen LogP contribution in [0.15, 0.2) is 67.0 Å². The summed E-state index contributed by atoms with van der Waals surface area (Å²) in [5.41, 5.74) is 9.81. The van der Waals surface area contributed by atoms with Crippen molar-refractivity contribution in [3.8, 4) is 17.0 Å². The molecule has 1 aliphatic carbocycles. The van der Waals surface area contributed by atoms with Gasteiger partial charge < -0.3 is 15.8 Å². The maximum atomic E-state index is 13.2. The predicted octanol–water partition coefficient (Wildman–Crippen LogP) is 4.32. The molecule has 6 heteroatoms. The average Bonchev–Trinajstić information content (AvgIpc) is 2.89. The van der Waals surface area contributed by atoms with Crippen LogP contribution in [-0.4, -0.2) is 29.5 Å². The van der Waals surface area contributed by atoms with Gasteiger partial charge in [0, 0.05) is 29.9 Å². The summed E-state index contributed by atoms with van der Waals surface area (Å²) < 4.78 is 5.17. The van der Waals surface area contributed by atoms with E-state index in [1.807, 2.05) is 42.5 Å². The van der Waals surface area contributed by atoms with E-state index < -0.39 is 0 Å². The molecule has 33 heavy (non-hydrogen) atoms. The average molecular weight is 445 g/mol. The van der Waals surface area contributed by atoms with Crippen LogP contribution in [0.4, 0.5) is 0 Å². The summed E-state index contributed by atoms with van der Waals surface area (Å²) in [5, 5.41) is 3.31. The molecule has 0 aliphatic heterocycles. The molecule has 1 amide bonds. The molecule has 172 valence electrons. The summed E-state index contributed by atoms with van der Waals surface area (Å²) in [4.78, 5) is 22.2. The molecule has 0 saturated heterocycles. The SMILES string of the molecule is COc1ccc(-c2ccnc(C(Cc3ccccc3)NC(=O)C3CCC(CN)CC3)c2)cn1. The van der Waals surface area contributed by atoms with Crippen molar-refractivity contribution in [3.63, 3.8) is 0 Å². The van der Waals surface area contributed by atoms with Gasteiger partial charge in [0.15, 0.2) is 0 Å². The Bertz CT molecular complexity index is 1030. The Morgan fingerprint density at radius 2 is 1.85 bits per heavy atom. The van der Waals surface area contributed by atoms with Crippen LogP contribution in [0.3, 0.4) is 0 Å². The number of nitrogens with two attached hydrogens (primary N) is 1. The summed E-state index contributed by atoms with van der Waals surface area (Å²) in [5.74, 6) is 1.28. The number of hydrogen-bond acceptors (Lipinski definition) is 5. The number of pyridine rings is 2. The van der Waals surface area contributed by atoms with Crippen molar-refractivity contribution >= 4 is 5.91 Å². The molecule has 1 aliphatic rings. The Balaban J connectivity index is 1.56. The molecule has 1 fully saturated rings. The van der Waals surface area contributed by atoms with Crippen LogP contribution in [0, 0.1) is 11.8 Å². The molecular formula is C27H32N4O2. The number of hydrogen-bond donors (Lipinski definition) is 2. The minimum absolute atomic E-state index is 0.0417. The van der Waals surface area contributed by atoms with E-state index in [0.717, 1.165) is 48.1 Å². The summed E-state index contributed by atoms with van der Waals surface area (Å²) in [6.07, 6.45) is 8.12. The number of nitrogens with zero attached hydrogens (tertiary/aromatic N) is 2. The normalized spacial score (nSPS) is 19.0. The third-order valence-electron chi connectivity index (χ3n) is 6.57. The van der Waals surface area contributed by atoms with E-state index in [9.17, 15) is 4.79 Å². The lowest BCUT2D eigenvalue weighted by Gasteiger charge is -2.28. The molecule has 2 heterocycles. The first-order valence-corrected chi connectivity index (χ1v) is 11.7. The third kappa shape index (κ3) is 5.96. The first-order valence-electron chi connectivity index (χ1n) is 11.7. The van der Waals surface area contributed by atoms with Gasteiger partial charge in [-0.3, -0.25) is 9.78 Å². The quantitative estimate of drug-likeness (QED) is 0.540. The van der Waals surface area contributed by atoms with Crippen molar-refractivity contribution in [1.29, 1.82) is 0 Å². The van der Waals surface area contributed by atoms with Crippen LogP contribution < -0.4 is 15.8 Å². The summed E-state index contributed by atoms with van der Waals surface area (Å²) >= 11 is 0. The van der Waals surface area contributed by atoms with Gasteiger partial charge in [-0.1, -0.05) is 30.3 Å². The minimum atomic E-state index is -0.210. The Hall–Kier alpha value is -3.25. The van der Waals surface area contributed by atoms with E-state index in [0.29, 0.717) is 24.8 Å². The van der Waals surface area contributed by atoms with Gasteiger partial charge in [-0.2, -0.15) is 0 Å². The second-order valence-electron chi connectivity index (χ2n) is 8.76. The van der Waals surface area contributed by atoms with Crippen LogP contribution in [0.25, 0.3) is 11.1 Å². The molecule has 3 aromatic rings. The molecule has 4 rings (SSSR count). The molecule has 0 spiro atoms. The van der Waals surface area contributed by atoms with Crippen molar-refractivity contribution in [2.45, 2.75) is 38.1 Å². The second kappa shape index (κ2) is 11.1. The van der Waals surface area contributed by atoms with Crippen molar-refractivity contribution in [1.82, 2.24) is 15.3 Å². The number of aromatic nitrogens is 2. The third-order valence-corrected chi connectivity index (χ3v) is 6.57. The molecule has 1 saturated carbocycles. The minimum Gasteiger partial charge on any atom is -0.481 e. The molecule has 6 nitrogen and oxygen atoms in total. The number of carbonyl (C=O) groups excluding carboxylic acids is 1. The lowest BCUT2D eigenvalue weighted by atomic mass is 9.81. The van der Waals surface area contributed by atoms with E-state index in [1.54, 1.807) is 19.5 Å². The summed E-state index contributed by atoms with van der Waals surface area (Å²) in [6, 6.07) is 17.8. The maximum Gasteiger partial charge on any atom is 0.223 e. The summed E-state index contributed by atoms with van der Waals surface area (Å²) in [6.45, 7) is 0.710. The molecule has 1 aromatic carbocycles. The van der Waals surface area contributed by atoms with Gasteiger partial charge in [-0.25, -0.2) is 4.98 Å². The fourth-order valence-electron chi connectivity index (χ4n) is 4.52. The highest BCUT2D eigenvalue weighted by Crippen LogP contribution is 2.30. The number of ether oxygens (including phenoxy) is 1. The van der Waals surface area contributed by atoms with E-state index >= 15 is 0 Å². The van der Waals surface area contributed by atoms with Crippen LogP contribution in [0.2, 0.25) is 0 Å². The number of carbonyl (C=O) groups is 1. The van der Waals surface area contributed by atoms with Gasteiger partial charge in [-0.15, -0.1) is 0 Å². The highest BCUT2D eigenvalue weighted by atomic mass is 16.5. The molecule has 0 radical (unpaired) electrons. The van der Waals surface area contributed by atoms with E-state index in [4.69, 9.17) is 10.5 Å². The van der Waals surface area contributed by atoms with Gasteiger partial charge in [0.25, 0.3) is 0 Å². The monoisotopic (exact) mass is 444 g/mol. The first kappa shape index (κ1) is 22.9. The zero-order valence-corrected chi connectivity index (χ0v) is 19.1. The maximum absolute atomic E-state index is 13.2. The zero-order chi connectivity index (χ0) is 23.0. The topological polar surface area (TPSA) is 90.1 Å². The predicted molar refractivity (Wildman–Crippen MR) is 130 cm³/mol. The van der Waals surface area contributed by atoms with E-state index in [2.05, 4.69) is 27.4 Å². The largest absolute Gasteiger partial charge is 0.481 e. The fraction of sp³-hybridized carbons (Fsp3) is 0.370. The fourth-order valence-corrected chi connectivity index (χ4v) is 4.52. The van der Waals surface area contributed by atoms with E-state index in [-0.39, 0.29) is 17.9 Å². The van der Waals surface area contributed by atoms with Crippen molar-refractivity contribution < 1.29 is 9.53 Å². The number of benzene rings is 1. The van der Waals surface area contributed by atoms with Crippen LogP contribution in [0.1, 0.15) is 43.0 Å². The molecule has 1 atom stereocenters. The standard InChI is InChI=1S/C27H32N4O2/c1-33-26-12-11-23(18-30-26)22-13-14-29-24(16-22)25(15-19-5-3-2-4-6-19)31-27(32)21-9-7-20(17-28)8-10-21/h2-6,11-14,16,18,20-21,25H,7-10,15,17,28H2,1H3,(H,31,32). The van der Waals surface area contributed by atoms with E-state index in [1.165, 1.54) is 0 Å². The molecule has 3 N–H and O–H groups in total. The van der Waals surface area contributed by atoms with Gasteiger partial charge in [0.2, 0.25) is 11.8 Å². The zero-order valence-electron chi connectivity index (χ0n) is 19.1. The molecule has 2 aromatic heterocycles. The van der Waals surface area contributed by atoms with Crippen LogP contribution >= 0.6 is 0 Å². The first-order chi connectivity index (χ1) is 16.2. The summed E-state index contributed by atoms with van der Waals surface area (Å²) in [7, 11) is 1.60. The number of rotatable bonds is 8. The Morgan fingerprint density at radius 3 is 2.52 bits per heavy atom. The lowest BCUT2D eigenvalue weighted by Crippen LogP contribution is -2.37. The van der Waals surface area contributed by atoms with Gasteiger partial charge in [0.05, 0.1) is 18.8 Å². The Labute approximate surface area is 195 Å². The molecular weight excluding hydrogens is 412 g/mol. The Kier molecular flexibility index (Phi) is 7.68. The molecule has 1 unspecified atom stereocenters. The Morgan fingerprint density at radius 1 is 1.06 bits per heavy atom. The van der Waals surface area contributed by atoms with Crippen molar-refractivity contribution in [3.05, 3.63) is 78.2 Å². The highest BCUT2D eigenvalue weighted by molar-refractivity contribution is 5.79. The number of nitrogens with one attached hydrogen (secondary N) is 1. The second-order valence-corrected chi connectivity index (χ2v) is 8.76. The van der Waals surface area contributed by atoms with Gasteiger partial charge in [0.1, 0.15) is 0 Å². The van der Waals surface area contributed by atoms with Crippen molar-refractivity contribution in [2.24, 2.45) is 17.6 Å². The van der Waals surface area contributed by atoms with Crippen LogP contribution in [0.5, 0.6) is 5.88 Å². The highest BCUT2D eigenvalue weighted by Gasteiger charge is 2.28. The van der Waals surface area contributed by atoms with Gasteiger partial charge in [-0.05, 0) is 73.9 Å². The van der Waals surface area contributed by atoms with Crippen LogP contribution in [-0.2, 0) is 11.2 Å². The lowest BCUT2D eigenvalue weighted by molar-refractivity contribution is -0.127. The van der Waals surface area contributed by atoms with Crippen molar-refractivity contribution in [2.75, 3.05) is 13.7 Å². The smallest absolute Gasteiger partial charge is 0.223 e. The molecule has 0 bridgehead atoms.